The Morgan fingerprint density at radius 3 is 2.89 bits per heavy atom. The summed E-state index contributed by atoms with van der Waals surface area (Å²) < 4.78 is 5.37. The largest absolute Gasteiger partial charge is 0.380 e. The zero-order chi connectivity index (χ0) is 13.7. The fraction of sp³-hybridized carbons (Fsp3) is 0.333. The van der Waals surface area contributed by atoms with Crippen molar-refractivity contribution in [1.82, 2.24) is 4.98 Å². The molecule has 0 amide bonds. The van der Waals surface area contributed by atoms with Crippen LogP contribution in [-0.2, 0) is 4.74 Å². The van der Waals surface area contributed by atoms with Crippen molar-refractivity contribution in [2.24, 2.45) is 0 Å². The quantitative estimate of drug-likeness (QED) is 0.770. The molecule has 19 heavy (non-hydrogen) atoms. The maximum absolute atomic E-state index is 9.25. The summed E-state index contributed by atoms with van der Waals surface area (Å²) in [6.07, 6.45) is 1.63. The van der Waals surface area contributed by atoms with Gasteiger partial charge in [0.1, 0.15) is 6.07 Å². The molecule has 0 radical (unpaired) electrons. The first-order chi connectivity index (χ1) is 9.27. The summed E-state index contributed by atoms with van der Waals surface area (Å²) >= 11 is 0. The maximum Gasteiger partial charge on any atom is 0.103 e. The van der Waals surface area contributed by atoms with Gasteiger partial charge in [-0.2, -0.15) is 5.26 Å². The molecule has 0 spiro atoms. The van der Waals surface area contributed by atoms with Crippen molar-refractivity contribution in [2.45, 2.75) is 6.92 Å². The first kappa shape index (κ1) is 13.3. The minimum absolute atomic E-state index is 0.595. The van der Waals surface area contributed by atoms with Crippen LogP contribution in [0.2, 0.25) is 0 Å². The van der Waals surface area contributed by atoms with Gasteiger partial charge in [0, 0.05) is 31.8 Å². The molecule has 0 bridgehead atoms. The highest BCUT2D eigenvalue weighted by Crippen LogP contribution is 2.28. The molecular formula is C15H17N3O. The molecule has 2 rings (SSSR count). The minimum Gasteiger partial charge on any atom is -0.380 e. The zero-order valence-corrected chi connectivity index (χ0v) is 11.3. The molecule has 0 saturated heterocycles. The van der Waals surface area contributed by atoms with E-state index in [1.165, 1.54) is 0 Å². The maximum atomic E-state index is 9.25. The van der Waals surface area contributed by atoms with E-state index in [4.69, 9.17) is 4.74 Å². The number of fused-ring (bicyclic) bond motifs is 1. The van der Waals surface area contributed by atoms with E-state index in [2.05, 4.69) is 16.0 Å². The van der Waals surface area contributed by atoms with E-state index in [-0.39, 0.29) is 0 Å². The summed E-state index contributed by atoms with van der Waals surface area (Å²) in [6, 6.07) is 10.1. The van der Waals surface area contributed by atoms with E-state index in [1.54, 1.807) is 6.20 Å². The summed E-state index contributed by atoms with van der Waals surface area (Å²) in [4.78, 5) is 6.36. The number of hydrogen-bond donors (Lipinski definition) is 0. The Morgan fingerprint density at radius 1 is 1.37 bits per heavy atom. The van der Waals surface area contributed by atoms with Crippen molar-refractivity contribution < 1.29 is 4.74 Å². The van der Waals surface area contributed by atoms with Gasteiger partial charge in [0.2, 0.25) is 0 Å². The highest BCUT2D eigenvalue weighted by atomic mass is 16.5. The SMILES string of the molecule is CCOCCN(C)c1c(C#N)cnc2ccccc12. The number of benzene rings is 1. The van der Waals surface area contributed by atoms with Crippen molar-refractivity contribution in [3.63, 3.8) is 0 Å². The average molecular weight is 255 g/mol. The number of hydrogen-bond acceptors (Lipinski definition) is 4. The number of para-hydroxylation sites is 1. The van der Waals surface area contributed by atoms with E-state index >= 15 is 0 Å². The van der Waals surface area contributed by atoms with Gasteiger partial charge in [0.15, 0.2) is 0 Å². The topological polar surface area (TPSA) is 49.1 Å². The molecular weight excluding hydrogens is 238 g/mol. The number of nitrogens with zero attached hydrogens (tertiary/aromatic N) is 3. The molecule has 1 aromatic carbocycles. The second kappa shape index (κ2) is 6.17. The van der Waals surface area contributed by atoms with E-state index in [9.17, 15) is 5.26 Å². The predicted molar refractivity (Wildman–Crippen MR) is 76.2 cm³/mol. The van der Waals surface area contributed by atoms with Crippen LogP contribution in [0.25, 0.3) is 10.9 Å². The Kier molecular flexibility index (Phi) is 4.32. The molecule has 0 aliphatic carbocycles. The van der Waals surface area contributed by atoms with E-state index in [0.717, 1.165) is 23.1 Å². The van der Waals surface area contributed by atoms with Crippen LogP contribution in [-0.4, -0.2) is 31.8 Å². The molecule has 98 valence electrons. The summed E-state index contributed by atoms with van der Waals surface area (Å²) in [5.41, 5.74) is 2.42. The van der Waals surface area contributed by atoms with E-state index in [0.29, 0.717) is 18.8 Å². The van der Waals surface area contributed by atoms with Crippen molar-refractivity contribution >= 4 is 16.6 Å². The lowest BCUT2D eigenvalue weighted by Gasteiger charge is -2.22. The highest BCUT2D eigenvalue weighted by molar-refractivity contribution is 5.94. The van der Waals surface area contributed by atoms with Gasteiger partial charge in [-0.3, -0.25) is 4.98 Å². The first-order valence-corrected chi connectivity index (χ1v) is 6.34. The molecule has 1 aromatic heterocycles. The van der Waals surface area contributed by atoms with Gasteiger partial charge in [-0.1, -0.05) is 18.2 Å². The molecule has 0 aliphatic heterocycles. The lowest BCUT2D eigenvalue weighted by atomic mass is 10.1. The molecule has 0 unspecified atom stereocenters. The van der Waals surface area contributed by atoms with Crippen LogP contribution in [0.3, 0.4) is 0 Å². The molecule has 4 nitrogen and oxygen atoms in total. The normalized spacial score (nSPS) is 10.4. The minimum atomic E-state index is 0.595. The van der Waals surface area contributed by atoms with Gasteiger partial charge >= 0.3 is 0 Å². The molecule has 0 N–H and O–H groups in total. The van der Waals surface area contributed by atoms with Crippen LogP contribution in [0.5, 0.6) is 0 Å². The average Bonchev–Trinajstić information content (AvgIpc) is 2.46. The van der Waals surface area contributed by atoms with Gasteiger partial charge in [0.05, 0.1) is 23.4 Å². The van der Waals surface area contributed by atoms with Gasteiger partial charge in [-0.15, -0.1) is 0 Å². The number of anilines is 1. The lowest BCUT2D eigenvalue weighted by Crippen LogP contribution is -2.23. The Hall–Kier alpha value is -2.12. The number of nitriles is 1. The summed E-state index contributed by atoms with van der Waals surface area (Å²) in [6.45, 7) is 4.07. The number of aromatic nitrogens is 1. The number of rotatable bonds is 5. The molecule has 4 heteroatoms. The Bertz CT molecular complexity index is 604. The van der Waals surface area contributed by atoms with Gasteiger partial charge in [-0.25, -0.2) is 0 Å². The second-order valence-corrected chi connectivity index (χ2v) is 4.27. The van der Waals surface area contributed by atoms with Crippen molar-refractivity contribution in [3.8, 4) is 6.07 Å². The molecule has 0 aliphatic rings. The molecule has 1 heterocycles. The first-order valence-electron chi connectivity index (χ1n) is 6.34. The van der Waals surface area contributed by atoms with Crippen LogP contribution in [0.15, 0.2) is 30.5 Å². The highest BCUT2D eigenvalue weighted by Gasteiger charge is 2.12. The van der Waals surface area contributed by atoms with Crippen LogP contribution in [0.4, 0.5) is 5.69 Å². The molecule has 0 saturated carbocycles. The Labute approximate surface area is 113 Å². The van der Waals surface area contributed by atoms with Crippen LogP contribution in [0, 0.1) is 11.3 Å². The van der Waals surface area contributed by atoms with E-state index < -0.39 is 0 Å². The lowest BCUT2D eigenvalue weighted by molar-refractivity contribution is 0.154. The van der Waals surface area contributed by atoms with E-state index in [1.807, 2.05) is 38.2 Å². The fourth-order valence-corrected chi connectivity index (χ4v) is 2.08. The molecule has 0 fully saturated rings. The molecule has 2 aromatic rings. The third-order valence-electron chi connectivity index (χ3n) is 3.02. The number of likely N-dealkylation sites (N-methyl/N-ethyl adjacent to an activating group) is 1. The predicted octanol–water partition coefficient (Wildman–Crippen LogP) is 2.58. The summed E-state index contributed by atoms with van der Waals surface area (Å²) in [5.74, 6) is 0. The third-order valence-corrected chi connectivity index (χ3v) is 3.02. The van der Waals surface area contributed by atoms with Crippen molar-refractivity contribution in [1.29, 1.82) is 5.26 Å². The van der Waals surface area contributed by atoms with Gasteiger partial charge < -0.3 is 9.64 Å². The standard InChI is InChI=1S/C15H17N3O/c1-3-19-9-8-18(2)15-12(10-16)11-17-14-7-5-4-6-13(14)15/h4-7,11H,3,8-9H2,1-2H3. The monoisotopic (exact) mass is 255 g/mol. The third kappa shape index (κ3) is 2.83. The van der Waals surface area contributed by atoms with Gasteiger partial charge in [0.25, 0.3) is 0 Å². The second-order valence-electron chi connectivity index (χ2n) is 4.27. The van der Waals surface area contributed by atoms with Crippen LogP contribution < -0.4 is 4.90 Å². The zero-order valence-electron chi connectivity index (χ0n) is 11.3. The van der Waals surface area contributed by atoms with Gasteiger partial charge in [-0.05, 0) is 13.0 Å². The Balaban J connectivity index is 2.41. The summed E-state index contributed by atoms with van der Waals surface area (Å²) in [5, 5.41) is 10.3. The summed E-state index contributed by atoms with van der Waals surface area (Å²) in [7, 11) is 1.97. The van der Waals surface area contributed by atoms with Crippen LogP contribution >= 0.6 is 0 Å². The molecule has 0 atom stereocenters. The fourth-order valence-electron chi connectivity index (χ4n) is 2.08. The number of ether oxygens (including phenoxy) is 1. The van der Waals surface area contributed by atoms with Crippen molar-refractivity contribution in [3.05, 3.63) is 36.0 Å². The number of pyridine rings is 1. The smallest absolute Gasteiger partial charge is 0.103 e. The Morgan fingerprint density at radius 2 is 2.16 bits per heavy atom. The van der Waals surface area contributed by atoms with Crippen molar-refractivity contribution in [2.75, 3.05) is 31.7 Å². The van der Waals surface area contributed by atoms with Crippen LogP contribution in [0.1, 0.15) is 12.5 Å².